The molecular formula is C24H18FN2O7-. The molecule has 1 saturated heterocycles. The molecule has 4 unspecified atom stereocenters. The van der Waals surface area contributed by atoms with Gasteiger partial charge in [0.15, 0.2) is 11.7 Å². The van der Waals surface area contributed by atoms with E-state index in [1.807, 2.05) is 0 Å². The summed E-state index contributed by atoms with van der Waals surface area (Å²) in [7, 11) is 0. The first-order valence-electron chi connectivity index (χ1n) is 10.2. The smallest absolute Gasteiger partial charge is 0.313 e. The fourth-order valence-electron chi connectivity index (χ4n) is 4.04. The maximum atomic E-state index is 14.4. The molecular weight excluding hydrogens is 447 g/mol. The number of hydrogen-bond donors (Lipinski definition) is 2. The number of Topliss-reactive ketones (excluding diaryl/α,β-unsaturated/α-hetero) is 1. The molecule has 2 aromatic carbocycles. The highest BCUT2D eigenvalue weighted by Gasteiger charge is 2.48. The molecule has 0 aromatic heterocycles. The number of rotatable bonds is 7. The van der Waals surface area contributed by atoms with Crippen LogP contribution in [0.2, 0.25) is 0 Å². The Morgan fingerprint density at radius 2 is 1.88 bits per heavy atom. The second kappa shape index (κ2) is 9.18. The number of allylic oxidation sites excluding steroid dienone is 2. The number of benzene rings is 2. The van der Waals surface area contributed by atoms with Crippen molar-refractivity contribution in [1.82, 2.24) is 0 Å². The van der Waals surface area contributed by atoms with Crippen LogP contribution in [0.1, 0.15) is 10.4 Å². The molecule has 0 bridgehead atoms. The fraction of sp³-hybridized carbons (Fsp3) is 0.167. The van der Waals surface area contributed by atoms with Gasteiger partial charge < -0.3 is 20.3 Å². The number of carbonyl (C=O) groups is 2. The Balaban J connectivity index is 1.75. The van der Waals surface area contributed by atoms with Gasteiger partial charge in [0.2, 0.25) is 0 Å². The monoisotopic (exact) mass is 465 g/mol. The summed E-state index contributed by atoms with van der Waals surface area (Å²) in [5, 5.41) is 37.2. The minimum absolute atomic E-state index is 0.0129. The number of ketones is 1. The lowest BCUT2D eigenvalue weighted by atomic mass is 9.78. The molecule has 4 atom stereocenters. The van der Waals surface area contributed by atoms with Crippen molar-refractivity contribution in [3.05, 3.63) is 106 Å². The quantitative estimate of drug-likeness (QED) is 0.209. The molecule has 0 amide bonds. The van der Waals surface area contributed by atoms with Gasteiger partial charge in [-0.3, -0.25) is 19.7 Å². The number of nitrogens with one attached hydrogen (secondary N) is 1. The van der Waals surface area contributed by atoms with Crippen LogP contribution in [0.5, 0.6) is 0 Å². The van der Waals surface area contributed by atoms with E-state index in [0.717, 1.165) is 12.1 Å². The van der Waals surface area contributed by atoms with Crippen molar-refractivity contribution in [1.29, 1.82) is 0 Å². The van der Waals surface area contributed by atoms with Crippen LogP contribution in [0, 0.1) is 33.7 Å². The number of nitro benzene ring substituents is 1. The van der Waals surface area contributed by atoms with E-state index in [1.54, 1.807) is 24.3 Å². The Bertz CT molecular complexity index is 1250. The summed E-state index contributed by atoms with van der Waals surface area (Å²) in [5.74, 6) is -7.85. The number of fused-ring (bicyclic) bond motifs is 1. The number of carbonyl (C=O) groups excluding carboxylic acids is 2. The highest BCUT2D eigenvalue weighted by molar-refractivity contribution is 6.00. The number of nitrogens with zero attached hydrogens (tertiary/aromatic N) is 1. The highest BCUT2D eigenvalue weighted by Crippen LogP contribution is 2.40. The number of non-ortho nitro benzene ring substituents is 1. The van der Waals surface area contributed by atoms with Crippen molar-refractivity contribution in [2.45, 2.75) is 6.10 Å². The van der Waals surface area contributed by atoms with Crippen molar-refractivity contribution in [2.75, 3.05) is 5.32 Å². The van der Waals surface area contributed by atoms with Gasteiger partial charge in [-0.1, -0.05) is 48.3 Å². The third-order valence-corrected chi connectivity index (χ3v) is 5.67. The minimum atomic E-state index is -1.77. The van der Waals surface area contributed by atoms with E-state index in [0.29, 0.717) is 0 Å². The van der Waals surface area contributed by atoms with E-state index < -0.39 is 63.6 Å². The number of anilines is 1. The molecule has 2 aliphatic rings. The summed E-state index contributed by atoms with van der Waals surface area (Å²) >= 11 is 0. The lowest BCUT2D eigenvalue weighted by molar-refractivity contribution is -0.384. The number of esters is 1. The Hall–Kier alpha value is -4.47. The zero-order chi connectivity index (χ0) is 24.4. The molecule has 0 spiro atoms. The number of aliphatic hydroxyl groups excluding tert-OH is 1. The zero-order valence-electron chi connectivity index (χ0n) is 17.5. The molecule has 4 rings (SSSR count). The number of cyclic esters (lactones) is 1. The average Bonchev–Trinajstić information content (AvgIpc) is 3.15. The second-order valence-electron chi connectivity index (χ2n) is 7.74. The molecule has 0 radical (unpaired) electrons. The van der Waals surface area contributed by atoms with Crippen molar-refractivity contribution in [3.8, 4) is 0 Å². The summed E-state index contributed by atoms with van der Waals surface area (Å²) in [6, 6.07) is 10.0. The van der Waals surface area contributed by atoms with Gasteiger partial charge in [-0.15, -0.1) is 0 Å². The van der Waals surface area contributed by atoms with Crippen LogP contribution in [0.15, 0.2) is 84.5 Å². The number of aliphatic hydroxyl groups is 1. The largest absolute Gasteiger partial charge is 0.871 e. The first-order chi connectivity index (χ1) is 16.3. The van der Waals surface area contributed by atoms with Crippen LogP contribution in [-0.2, 0) is 9.53 Å². The summed E-state index contributed by atoms with van der Waals surface area (Å²) in [6.07, 6.45) is 5.16. The van der Waals surface area contributed by atoms with E-state index in [1.165, 1.54) is 36.4 Å². The van der Waals surface area contributed by atoms with Crippen molar-refractivity contribution in [2.24, 2.45) is 17.8 Å². The van der Waals surface area contributed by atoms with Crippen LogP contribution in [0.4, 0.5) is 15.8 Å². The van der Waals surface area contributed by atoms with E-state index in [4.69, 9.17) is 4.74 Å². The highest BCUT2D eigenvalue weighted by atomic mass is 19.1. The average molecular weight is 465 g/mol. The van der Waals surface area contributed by atoms with Crippen molar-refractivity contribution >= 4 is 23.1 Å². The Kier molecular flexibility index (Phi) is 6.13. The van der Waals surface area contributed by atoms with Crippen molar-refractivity contribution in [3.63, 3.8) is 0 Å². The van der Waals surface area contributed by atoms with E-state index in [9.17, 15) is 34.3 Å². The summed E-state index contributed by atoms with van der Waals surface area (Å²) in [5.41, 5.74) is -0.686. The van der Waals surface area contributed by atoms with Gasteiger partial charge in [0, 0.05) is 23.7 Å². The standard InChI is InChI=1S/C24H19FN2O7/c25-18-11-4-3-10-17(18)20(28)19(22-15-8-1-2-9-16(15)24(31)34-22)21(29)23(30)26-13-6-5-7-14(12-13)27(32)33/h1-12,15-16,19,22,26,29-30H/p-1. The summed E-state index contributed by atoms with van der Waals surface area (Å²) in [6.45, 7) is 0. The third-order valence-electron chi connectivity index (χ3n) is 5.67. The molecule has 0 saturated carbocycles. The third kappa shape index (κ3) is 4.25. The number of ether oxygens (including phenoxy) is 1. The van der Waals surface area contributed by atoms with Crippen LogP contribution in [0.25, 0.3) is 0 Å². The van der Waals surface area contributed by atoms with E-state index >= 15 is 0 Å². The molecule has 34 heavy (non-hydrogen) atoms. The predicted molar refractivity (Wildman–Crippen MR) is 116 cm³/mol. The summed E-state index contributed by atoms with van der Waals surface area (Å²) in [4.78, 5) is 36.1. The molecule has 1 fully saturated rings. The Labute approximate surface area is 192 Å². The first-order valence-corrected chi connectivity index (χ1v) is 10.2. The molecule has 2 N–H and O–H groups in total. The van der Waals surface area contributed by atoms with Crippen LogP contribution >= 0.6 is 0 Å². The summed E-state index contributed by atoms with van der Waals surface area (Å²) < 4.78 is 19.8. The van der Waals surface area contributed by atoms with Crippen molar-refractivity contribution < 1.29 is 33.9 Å². The normalized spacial score (nSPS) is 22.4. The van der Waals surface area contributed by atoms with Gasteiger partial charge >= 0.3 is 5.97 Å². The Morgan fingerprint density at radius 1 is 1.15 bits per heavy atom. The topological polar surface area (TPSA) is 142 Å². The lowest BCUT2D eigenvalue weighted by Crippen LogP contribution is -2.40. The zero-order valence-corrected chi connectivity index (χ0v) is 17.5. The maximum Gasteiger partial charge on any atom is 0.313 e. The fourth-order valence-corrected chi connectivity index (χ4v) is 4.04. The minimum Gasteiger partial charge on any atom is -0.871 e. The van der Waals surface area contributed by atoms with Gasteiger partial charge in [-0.25, -0.2) is 4.39 Å². The van der Waals surface area contributed by atoms with E-state index in [-0.39, 0.29) is 11.4 Å². The SMILES string of the molecule is O=C1OC(C(C(=O)c2ccccc2F)C([O-])=C(O)Nc2cccc([N+](=O)[O-])c2)C2C=CC=CC12. The molecule has 9 nitrogen and oxygen atoms in total. The molecule has 2 aromatic rings. The van der Waals surface area contributed by atoms with Crippen LogP contribution < -0.4 is 10.4 Å². The molecule has 10 heteroatoms. The van der Waals surface area contributed by atoms with Crippen LogP contribution in [-0.4, -0.2) is 27.9 Å². The Morgan fingerprint density at radius 3 is 2.62 bits per heavy atom. The van der Waals surface area contributed by atoms with Gasteiger partial charge in [-0.05, 0) is 18.2 Å². The first kappa shape index (κ1) is 22.7. The van der Waals surface area contributed by atoms with Gasteiger partial charge in [0.05, 0.1) is 22.3 Å². The van der Waals surface area contributed by atoms with Gasteiger partial charge in [0.1, 0.15) is 11.9 Å². The molecule has 1 aliphatic carbocycles. The predicted octanol–water partition coefficient (Wildman–Crippen LogP) is 3.02. The maximum absolute atomic E-state index is 14.4. The number of halogens is 1. The number of hydrogen-bond acceptors (Lipinski definition) is 8. The number of nitro groups is 1. The molecule has 174 valence electrons. The van der Waals surface area contributed by atoms with Gasteiger partial charge in [0.25, 0.3) is 5.69 Å². The van der Waals surface area contributed by atoms with E-state index in [2.05, 4.69) is 5.32 Å². The second-order valence-corrected chi connectivity index (χ2v) is 7.74. The molecule has 1 aliphatic heterocycles. The van der Waals surface area contributed by atoms with Gasteiger partial charge in [-0.2, -0.15) is 0 Å². The lowest BCUT2D eigenvalue weighted by Gasteiger charge is -2.31. The molecule has 1 heterocycles. The van der Waals surface area contributed by atoms with Crippen LogP contribution in [0.3, 0.4) is 0 Å².